The Labute approximate surface area is 144 Å². The summed E-state index contributed by atoms with van der Waals surface area (Å²) in [4.78, 5) is 25.3. The molecule has 3 rings (SSSR count). The first-order valence-electron chi connectivity index (χ1n) is 8.06. The topological polar surface area (TPSA) is 63.4 Å². The van der Waals surface area contributed by atoms with Crippen molar-refractivity contribution in [3.8, 4) is 0 Å². The van der Waals surface area contributed by atoms with E-state index in [0.29, 0.717) is 24.2 Å². The predicted octanol–water partition coefficient (Wildman–Crippen LogP) is 4.14. The molecule has 5 nitrogen and oxygen atoms in total. The van der Waals surface area contributed by atoms with Crippen molar-refractivity contribution >= 4 is 23.7 Å². The Bertz CT molecular complexity index is 825. The van der Waals surface area contributed by atoms with E-state index in [4.69, 9.17) is 0 Å². The summed E-state index contributed by atoms with van der Waals surface area (Å²) >= 11 is 0. The largest absolute Gasteiger partial charge is 0.339 e. The van der Waals surface area contributed by atoms with E-state index in [0.717, 1.165) is 12.8 Å². The quantitative estimate of drug-likeness (QED) is 0.477. The standard InChI is InChI=1S/C19H17FN2O3/c20-15-9-6-14(7-10-15)8-11-16-17(4-3-5-18(16)22(24)25)19(23)21-12-1-2-13-21/h3-11H,1-2,12-13H2/b11-8+. The zero-order valence-corrected chi connectivity index (χ0v) is 13.5. The Morgan fingerprint density at radius 3 is 2.40 bits per heavy atom. The highest BCUT2D eigenvalue weighted by Gasteiger charge is 2.25. The van der Waals surface area contributed by atoms with Crippen LogP contribution in [0.4, 0.5) is 10.1 Å². The summed E-state index contributed by atoms with van der Waals surface area (Å²) < 4.78 is 13.0. The van der Waals surface area contributed by atoms with Crippen molar-refractivity contribution in [2.75, 3.05) is 13.1 Å². The number of nitro groups is 1. The molecule has 1 fully saturated rings. The van der Waals surface area contributed by atoms with E-state index in [9.17, 15) is 19.3 Å². The Kier molecular flexibility index (Phi) is 4.88. The van der Waals surface area contributed by atoms with E-state index in [1.807, 2.05) is 0 Å². The van der Waals surface area contributed by atoms with Gasteiger partial charge in [0.15, 0.2) is 0 Å². The average molecular weight is 340 g/mol. The Balaban J connectivity index is 2.01. The minimum Gasteiger partial charge on any atom is -0.339 e. The van der Waals surface area contributed by atoms with Gasteiger partial charge in [0.1, 0.15) is 5.82 Å². The molecule has 2 aromatic carbocycles. The Hall–Kier alpha value is -3.02. The molecule has 0 radical (unpaired) electrons. The fraction of sp³-hybridized carbons (Fsp3) is 0.211. The number of nitro benzene ring substituents is 1. The van der Waals surface area contributed by atoms with Crippen LogP contribution in [-0.2, 0) is 0 Å². The van der Waals surface area contributed by atoms with Gasteiger partial charge in [-0.2, -0.15) is 0 Å². The van der Waals surface area contributed by atoms with E-state index >= 15 is 0 Å². The number of hydrogen-bond donors (Lipinski definition) is 0. The minimum atomic E-state index is -0.495. The van der Waals surface area contributed by atoms with Crippen molar-refractivity contribution in [1.29, 1.82) is 0 Å². The van der Waals surface area contributed by atoms with Gasteiger partial charge < -0.3 is 4.90 Å². The molecular weight excluding hydrogens is 323 g/mol. The highest BCUT2D eigenvalue weighted by Crippen LogP contribution is 2.27. The molecule has 0 aliphatic carbocycles. The Morgan fingerprint density at radius 1 is 1.08 bits per heavy atom. The van der Waals surface area contributed by atoms with E-state index in [2.05, 4.69) is 0 Å². The molecule has 0 N–H and O–H groups in total. The number of likely N-dealkylation sites (tertiary alicyclic amines) is 1. The number of rotatable bonds is 4. The Morgan fingerprint density at radius 2 is 1.76 bits per heavy atom. The number of hydrogen-bond acceptors (Lipinski definition) is 3. The zero-order valence-electron chi connectivity index (χ0n) is 13.5. The first-order chi connectivity index (χ1) is 12.1. The van der Waals surface area contributed by atoms with Crippen molar-refractivity contribution in [3.63, 3.8) is 0 Å². The molecule has 0 atom stereocenters. The van der Waals surface area contributed by atoms with Gasteiger partial charge in [0.25, 0.3) is 11.6 Å². The van der Waals surface area contributed by atoms with Crippen LogP contribution in [-0.4, -0.2) is 28.8 Å². The van der Waals surface area contributed by atoms with Crippen molar-refractivity contribution in [3.05, 3.63) is 75.1 Å². The highest BCUT2D eigenvalue weighted by atomic mass is 19.1. The van der Waals surface area contributed by atoms with Gasteiger partial charge in [-0.25, -0.2) is 4.39 Å². The lowest BCUT2D eigenvalue weighted by Gasteiger charge is -2.16. The van der Waals surface area contributed by atoms with E-state index in [-0.39, 0.29) is 23.0 Å². The molecule has 1 aliphatic heterocycles. The smallest absolute Gasteiger partial charge is 0.277 e. The predicted molar refractivity (Wildman–Crippen MR) is 93.6 cm³/mol. The number of carbonyl (C=O) groups is 1. The number of halogens is 1. The maximum atomic E-state index is 13.0. The van der Waals surface area contributed by atoms with Gasteiger partial charge >= 0.3 is 0 Å². The lowest BCUT2D eigenvalue weighted by molar-refractivity contribution is -0.385. The van der Waals surface area contributed by atoms with Gasteiger partial charge in [-0.05, 0) is 42.7 Å². The van der Waals surface area contributed by atoms with Gasteiger partial charge in [-0.1, -0.05) is 24.3 Å². The summed E-state index contributed by atoms with van der Waals surface area (Å²) in [6.07, 6.45) is 5.08. The summed E-state index contributed by atoms with van der Waals surface area (Å²) in [5.41, 5.74) is 1.16. The normalized spacial score (nSPS) is 14.2. The third kappa shape index (κ3) is 3.74. The lowest BCUT2D eigenvalue weighted by atomic mass is 10.0. The third-order valence-electron chi connectivity index (χ3n) is 4.22. The molecular formula is C19H17FN2O3. The van der Waals surface area contributed by atoms with Crippen LogP contribution < -0.4 is 0 Å². The fourth-order valence-corrected chi connectivity index (χ4v) is 2.92. The van der Waals surface area contributed by atoms with Gasteiger partial charge in [0, 0.05) is 19.2 Å². The SMILES string of the molecule is O=C(c1cccc([N+](=O)[O-])c1/C=C/c1ccc(F)cc1)N1CCCC1. The fourth-order valence-electron chi connectivity index (χ4n) is 2.92. The van der Waals surface area contributed by atoms with Gasteiger partial charge in [-0.15, -0.1) is 0 Å². The lowest BCUT2D eigenvalue weighted by Crippen LogP contribution is -2.28. The molecule has 0 bridgehead atoms. The first kappa shape index (κ1) is 16.8. The van der Waals surface area contributed by atoms with Crippen LogP contribution in [0.3, 0.4) is 0 Å². The second-order valence-corrected chi connectivity index (χ2v) is 5.88. The zero-order chi connectivity index (χ0) is 17.8. The molecule has 1 heterocycles. The van der Waals surface area contributed by atoms with E-state index in [1.165, 1.54) is 24.3 Å². The molecule has 0 saturated carbocycles. The highest BCUT2D eigenvalue weighted by molar-refractivity contribution is 6.00. The maximum Gasteiger partial charge on any atom is 0.277 e. The van der Waals surface area contributed by atoms with Crippen molar-refractivity contribution in [2.24, 2.45) is 0 Å². The number of nitrogens with zero attached hydrogens (tertiary/aromatic N) is 2. The van der Waals surface area contributed by atoms with Crippen LogP contribution in [0.5, 0.6) is 0 Å². The van der Waals surface area contributed by atoms with Crippen molar-refractivity contribution < 1.29 is 14.1 Å². The second-order valence-electron chi connectivity index (χ2n) is 5.88. The summed E-state index contributed by atoms with van der Waals surface area (Å²) in [6, 6.07) is 10.3. The number of amides is 1. The summed E-state index contributed by atoms with van der Waals surface area (Å²) in [5, 5.41) is 11.4. The van der Waals surface area contributed by atoms with Crippen LogP contribution in [0, 0.1) is 15.9 Å². The average Bonchev–Trinajstić information content (AvgIpc) is 3.15. The molecule has 25 heavy (non-hydrogen) atoms. The molecule has 0 aromatic heterocycles. The molecule has 1 amide bonds. The van der Waals surface area contributed by atoms with Gasteiger partial charge in [0.05, 0.1) is 16.1 Å². The first-order valence-corrected chi connectivity index (χ1v) is 8.06. The maximum absolute atomic E-state index is 13.0. The molecule has 2 aromatic rings. The molecule has 0 spiro atoms. The third-order valence-corrected chi connectivity index (χ3v) is 4.22. The molecule has 1 saturated heterocycles. The molecule has 0 unspecified atom stereocenters. The monoisotopic (exact) mass is 340 g/mol. The number of benzene rings is 2. The van der Waals surface area contributed by atoms with Crippen LogP contribution >= 0.6 is 0 Å². The van der Waals surface area contributed by atoms with Gasteiger partial charge in [0.2, 0.25) is 0 Å². The van der Waals surface area contributed by atoms with Crippen LogP contribution in [0.25, 0.3) is 12.2 Å². The minimum absolute atomic E-state index is 0.122. The van der Waals surface area contributed by atoms with Crippen LogP contribution in [0.1, 0.15) is 34.3 Å². The van der Waals surface area contributed by atoms with Crippen LogP contribution in [0.15, 0.2) is 42.5 Å². The molecule has 6 heteroatoms. The second kappa shape index (κ2) is 7.25. The van der Waals surface area contributed by atoms with E-state index < -0.39 is 4.92 Å². The molecule has 128 valence electrons. The summed E-state index contributed by atoms with van der Waals surface area (Å²) in [5.74, 6) is -0.548. The van der Waals surface area contributed by atoms with E-state index in [1.54, 1.807) is 35.3 Å². The molecule has 1 aliphatic rings. The van der Waals surface area contributed by atoms with Gasteiger partial charge in [-0.3, -0.25) is 14.9 Å². The summed E-state index contributed by atoms with van der Waals surface area (Å²) in [6.45, 7) is 1.34. The van der Waals surface area contributed by atoms with Crippen LogP contribution in [0.2, 0.25) is 0 Å². The van der Waals surface area contributed by atoms with Crippen molar-refractivity contribution in [1.82, 2.24) is 4.90 Å². The van der Waals surface area contributed by atoms with Crippen molar-refractivity contribution in [2.45, 2.75) is 12.8 Å². The summed E-state index contributed by atoms with van der Waals surface area (Å²) in [7, 11) is 0. The number of carbonyl (C=O) groups excluding carboxylic acids is 1.